The van der Waals surface area contributed by atoms with E-state index in [4.69, 9.17) is 0 Å². The van der Waals surface area contributed by atoms with Crippen LogP contribution in [0.3, 0.4) is 0 Å². The SMILES string of the molecule is CC1C=c2c(cc3n2C(CC(=O)NCCCN(C)C)CNC3=O)=CC1NC(=O)CN(C)C. The average Bonchev–Trinajstić information content (AvgIpc) is 3.06. The van der Waals surface area contributed by atoms with Crippen molar-refractivity contribution >= 4 is 29.9 Å². The van der Waals surface area contributed by atoms with E-state index in [2.05, 4.69) is 33.9 Å². The Morgan fingerprint density at radius 2 is 1.91 bits per heavy atom. The summed E-state index contributed by atoms with van der Waals surface area (Å²) >= 11 is 0. The molecule has 0 bridgehead atoms. The van der Waals surface area contributed by atoms with Crippen molar-refractivity contribution < 1.29 is 14.4 Å². The van der Waals surface area contributed by atoms with E-state index >= 15 is 0 Å². The maximum atomic E-state index is 12.5. The number of carbonyl (C=O) groups is 3. The van der Waals surface area contributed by atoms with E-state index in [0.717, 1.165) is 23.5 Å². The summed E-state index contributed by atoms with van der Waals surface area (Å²) in [5.41, 5.74) is 0.562. The zero-order valence-corrected chi connectivity index (χ0v) is 19.8. The number of fused-ring (bicyclic) bond motifs is 3. The topological polar surface area (TPSA) is 98.7 Å². The predicted molar refractivity (Wildman–Crippen MR) is 124 cm³/mol. The van der Waals surface area contributed by atoms with Gasteiger partial charge < -0.3 is 30.3 Å². The summed E-state index contributed by atoms with van der Waals surface area (Å²) in [5, 5.41) is 10.8. The first-order valence-electron chi connectivity index (χ1n) is 11.2. The molecule has 1 aromatic rings. The molecule has 0 aromatic carbocycles. The van der Waals surface area contributed by atoms with Crippen LogP contribution in [0.15, 0.2) is 6.07 Å². The van der Waals surface area contributed by atoms with Crippen LogP contribution in [0.4, 0.5) is 0 Å². The number of likely N-dealkylation sites (N-methyl/N-ethyl adjacent to an activating group) is 1. The predicted octanol–water partition coefficient (Wildman–Crippen LogP) is -1.51. The molecule has 0 radical (unpaired) electrons. The Morgan fingerprint density at radius 3 is 2.59 bits per heavy atom. The van der Waals surface area contributed by atoms with Crippen molar-refractivity contribution in [2.24, 2.45) is 5.92 Å². The van der Waals surface area contributed by atoms with Gasteiger partial charge in [-0.1, -0.05) is 19.1 Å². The third-order valence-corrected chi connectivity index (χ3v) is 5.86. The summed E-state index contributed by atoms with van der Waals surface area (Å²) in [7, 11) is 7.74. The Morgan fingerprint density at radius 1 is 1.16 bits per heavy atom. The zero-order chi connectivity index (χ0) is 23.4. The van der Waals surface area contributed by atoms with Gasteiger partial charge in [-0.2, -0.15) is 0 Å². The van der Waals surface area contributed by atoms with Gasteiger partial charge >= 0.3 is 0 Å². The second-order valence-corrected chi connectivity index (χ2v) is 9.34. The number of amides is 3. The summed E-state index contributed by atoms with van der Waals surface area (Å²) < 4.78 is 2.00. The van der Waals surface area contributed by atoms with Gasteiger partial charge in [0.2, 0.25) is 11.8 Å². The molecule has 176 valence electrons. The second-order valence-electron chi connectivity index (χ2n) is 9.34. The third kappa shape index (κ3) is 5.77. The molecule has 0 fully saturated rings. The van der Waals surface area contributed by atoms with Crippen LogP contribution in [-0.4, -0.2) is 92.5 Å². The first kappa shape index (κ1) is 24.0. The smallest absolute Gasteiger partial charge is 0.268 e. The molecule has 0 saturated heterocycles. The monoisotopic (exact) mass is 444 g/mol. The molecule has 9 nitrogen and oxygen atoms in total. The molecule has 1 aliphatic carbocycles. The van der Waals surface area contributed by atoms with Crippen LogP contribution in [0.1, 0.15) is 36.3 Å². The van der Waals surface area contributed by atoms with Crippen LogP contribution < -0.4 is 26.5 Å². The molecule has 3 atom stereocenters. The number of hydrogen-bond donors (Lipinski definition) is 3. The van der Waals surface area contributed by atoms with Crippen molar-refractivity contribution in [1.29, 1.82) is 0 Å². The quantitative estimate of drug-likeness (QED) is 0.402. The Kier molecular flexibility index (Phi) is 7.73. The molecular formula is C23H36N6O3. The standard InChI is InChI=1S/C23H36N6O3/c1-15-9-19-16(10-18(15)26-22(31)14-28(4)5)11-20-23(32)25-13-17(29(19)20)12-21(30)24-7-6-8-27(2)3/h9-11,15,17-18H,6-8,12-14H2,1-5H3,(H,24,30)(H,25,32)(H,26,31). The summed E-state index contributed by atoms with van der Waals surface area (Å²) in [5.74, 6) is -0.117. The van der Waals surface area contributed by atoms with E-state index in [0.29, 0.717) is 31.7 Å². The van der Waals surface area contributed by atoms with E-state index in [1.165, 1.54) is 0 Å². The van der Waals surface area contributed by atoms with Crippen LogP contribution in [0.2, 0.25) is 0 Å². The number of hydrogen-bond acceptors (Lipinski definition) is 5. The fourth-order valence-corrected chi connectivity index (χ4v) is 4.29. The van der Waals surface area contributed by atoms with E-state index in [-0.39, 0.29) is 35.7 Å². The van der Waals surface area contributed by atoms with Crippen molar-refractivity contribution in [3.05, 3.63) is 22.3 Å². The van der Waals surface area contributed by atoms with E-state index in [1.807, 2.05) is 49.8 Å². The van der Waals surface area contributed by atoms with E-state index in [9.17, 15) is 14.4 Å². The molecule has 2 heterocycles. The van der Waals surface area contributed by atoms with Crippen molar-refractivity contribution in [3.63, 3.8) is 0 Å². The molecule has 3 N–H and O–H groups in total. The number of aromatic nitrogens is 1. The first-order valence-corrected chi connectivity index (χ1v) is 11.2. The van der Waals surface area contributed by atoms with Crippen LogP contribution >= 0.6 is 0 Å². The highest BCUT2D eigenvalue weighted by Crippen LogP contribution is 2.18. The van der Waals surface area contributed by atoms with Crippen molar-refractivity contribution in [2.45, 2.75) is 31.8 Å². The van der Waals surface area contributed by atoms with Crippen LogP contribution in [0, 0.1) is 5.92 Å². The minimum absolute atomic E-state index is 0.0139. The molecule has 3 rings (SSSR count). The molecule has 0 spiro atoms. The van der Waals surface area contributed by atoms with E-state index < -0.39 is 0 Å². The van der Waals surface area contributed by atoms with Crippen LogP contribution in [0.25, 0.3) is 12.2 Å². The Bertz CT molecular complexity index is 981. The fraction of sp³-hybridized carbons (Fsp3) is 0.609. The number of carbonyl (C=O) groups excluding carboxylic acids is 3. The van der Waals surface area contributed by atoms with Gasteiger partial charge in [-0.25, -0.2) is 0 Å². The maximum absolute atomic E-state index is 12.5. The highest BCUT2D eigenvalue weighted by Gasteiger charge is 2.30. The molecule has 9 heteroatoms. The lowest BCUT2D eigenvalue weighted by atomic mass is 9.96. The number of rotatable bonds is 9. The zero-order valence-electron chi connectivity index (χ0n) is 19.8. The van der Waals surface area contributed by atoms with Gasteiger partial charge in [-0.05, 0) is 52.4 Å². The lowest BCUT2D eigenvalue weighted by Crippen LogP contribution is -2.49. The largest absolute Gasteiger partial charge is 0.356 e. The summed E-state index contributed by atoms with van der Waals surface area (Å²) in [4.78, 5) is 41.2. The molecular weight excluding hydrogens is 408 g/mol. The molecule has 32 heavy (non-hydrogen) atoms. The highest BCUT2D eigenvalue weighted by atomic mass is 16.2. The van der Waals surface area contributed by atoms with Crippen molar-refractivity contribution in [1.82, 2.24) is 30.3 Å². The van der Waals surface area contributed by atoms with Gasteiger partial charge in [-0.15, -0.1) is 0 Å². The Hall–Kier alpha value is -2.65. The van der Waals surface area contributed by atoms with Gasteiger partial charge in [0.1, 0.15) is 5.69 Å². The van der Waals surface area contributed by atoms with Crippen LogP contribution in [-0.2, 0) is 9.59 Å². The number of nitrogens with zero attached hydrogens (tertiary/aromatic N) is 3. The lowest BCUT2D eigenvalue weighted by molar-refractivity contribution is -0.122. The summed E-state index contributed by atoms with van der Waals surface area (Å²) in [6.07, 6.45) is 5.32. The van der Waals surface area contributed by atoms with Crippen molar-refractivity contribution in [3.8, 4) is 0 Å². The molecule has 1 aromatic heterocycles. The summed E-state index contributed by atoms with van der Waals surface area (Å²) in [6.45, 7) is 4.35. The molecule has 0 saturated carbocycles. The normalized spacial score (nSPS) is 21.8. The lowest BCUT2D eigenvalue weighted by Gasteiger charge is -2.28. The third-order valence-electron chi connectivity index (χ3n) is 5.86. The van der Waals surface area contributed by atoms with Gasteiger partial charge in [0, 0.05) is 30.8 Å². The Labute approximate surface area is 189 Å². The van der Waals surface area contributed by atoms with Gasteiger partial charge in [0.15, 0.2) is 0 Å². The Balaban J connectivity index is 1.78. The molecule has 3 amide bonds. The van der Waals surface area contributed by atoms with E-state index in [1.54, 1.807) is 0 Å². The molecule has 1 aliphatic heterocycles. The van der Waals surface area contributed by atoms with Crippen LogP contribution in [0.5, 0.6) is 0 Å². The maximum Gasteiger partial charge on any atom is 0.268 e. The minimum Gasteiger partial charge on any atom is -0.356 e. The van der Waals surface area contributed by atoms with Gasteiger partial charge in [-0.3, -0.25) is 14.4 Å². The fourth-order valence-electron chi connectivity index (χ4n) is 4.29. The first-order chi connectivity index (χ1) is 15.2. The molecule has 3 unspecified atom stereocenters. The van der Waals surface area contributed by atoms with Crippen molar-refractivity contribution in [2.75, 3.05) is 54.4 Å². The highest BCUT2D eigenvalue weighted by molar-refractivity contribution is 5.94. The average molecular weight is 445 g/mol. The minimum atomic E-state index is -0.142. The summed E-state index contributed by atoms with van der Waals surface area (Å²) in [6, 6.07) is 1.58. The van der Waals surface area contributed by atoms with Gasteiger partial charge in [0.05, 0.1) is 18.6 Å². The number of nitrogens with one attached hydrogen (secondary N) is 3. The van der Waals surface area contributed by atoms with Gasteiger partial charge in [0.25, 0.3) is 5.91 Å². The second kappa shape index (κ2) is 10.3. The molecule has 2 aliphatic rings.